The topological polar surface area (TPSA) is 61.4 Å². The Morgan fingerprint density at radius 2 is 2.07 bits per heavy atom. The van der Waals surface area contributed by atoms with Crippen molar-refractivity contribution < 1.29 is 4.79 Å². The van der Waals surface area contributed by atoms with Crippen molar-refractivity contribution in [2.24, 2.45) is 11.3 Å². The summed E-state index contributed by atoms with van der Waals surface area (Å²) in [6.45, 7) is 8.55. The molecule has 1 unspecified atom stereocenters. The second-order valence-corrected chi connectivity index (χ2v) is 8.76. The molecule has 0 radical (unpaired) electrons. The normalized spacial score (nSPS) is 19.5. The van der Waals surface area contributed by atoms with Crippen LogP contribution in [0, 0.1) is 18.3 Å². The summed E-state index contributed by atoms with van der Waals surface area (Å²) in [5, 5.41) is 3.23. The lowest BCUT2D eigenvalue weighted by atomic mass is 9.62. The van der Waals surface area contributed by atoms with Gasteiger partial charge in [0.25, 0.3) is 0 Å². The van der Waals surface area contributed by atoms with Gasteiger partial charge in [-0.15, -0.1) is 0 Å². The molecule has 1 aromatic heterocycles. The molecular weight excluding hydrogens is 374 g/mol. The molecule has 0 bridgehead atoms. The van der Waals surface area contributed by atoms with E-state index in [9.17, 15) is 4.79 Å². The Kier molecular flexibility index (Phi) is 6.21. The van der Waals surface area contributed by atoms with E-state index in [1.807, 2.05) is 6.07 Å². The average molecular weight is 408 g/mol. The van der Waals surface area contributed by atoms with Gasteiger partial charge in [-0.1, -0.05) is 18.6 Å². The first kappa shape index (κ1) is 20.6. The Hall–Kier alpha value is -2.63. The molecule has 1 saturated heterocycles. The lowest BCUT2D eigenvalue weighted by molar-refractivity contribution is -0.129. The maximum atomic E-state index is 13.1. The second kappa shape index (κ2) is 9.02. The molecule has 30 heavy (non-hydrogen) atoms. The molecule has 1 N–H and O–H groups in total. The summed E-state index contributed by atoms with van der Waals surface area (Å²) >= 11 is 0. The summed E-state index contributed by atoms with van der Waals surface area (Å²) in [5.74, 6) is 0.983. The zero-order chi connectivity index (χ0) is 21.0. The molecule has 1 amide bonds. The number of rotatable bonds is 8. The van der Waals surface area contributed by atoms with Gasteiger partial charge in [0.05, 0.1) is 5.92 Å². The molecule has 4 rings (SSSR count). The SMILES string of the molecule is CCN(CCCNC(=O)C1CN(c2ncccn2)CC12CCC2)c1cccc(C)c1. The summed E-state index contributed by atoms with van der Waals surface area (Å²) in [7, 11) is 0. The fourth-order valence-electron chi connectivity index (χ4n) is 4.97. The van der Waals surface area contributed by atoms with Crippen LogP contribution in [-0.2, 0) is 4.79 Å². The summed E-state index contributed by atoms with van der Waals surface area (Å²) in [6, 6.07) is 10.4. The van der Waals surface area contributed by atoms with Crippen molar-refractivity contribution in [3.05, 3.63) is 48.3 Å². The minimum absolute atomic E-state index is 0.0362. The minimum atomic E-state index is 0.0362. The van der Waals surface area contributed by atoms with Gasteiger partial charge < -0.3 is 15.1 Å². The number of carbonyl (C=O) groups is 1. The van der Waals surface area contributed by atoms with Crippen molar-refractivity contribution in [2.45, 2.75) is 39.5 Å². The van der Waals surface area contributed by atoms with E-state index in [1.54, 1.807) is 12.4 Å². The number of nitrogens with zero attached hydrogens (tertiary/aromatic N) is 4. The Morgan fingerprint density at radius 1 is 1.27 bits per heavy atom. The van der Waals surface area contributed by atoms with Gasteiger partial charge in [0.2, 0.25) is 11.9 Å². The monoisotopic (exact) mass is 407 g/mol. The van der Waals surface area contributed by atoms with Crippen LogP contribution >= 0.6 is 0 Å². The Bertz CT molecular complexity index is 852. The number of nitrogens with one attached hydrogen (secondary N) is 1. The molecule has 2 heterocycles. The highest BCUT2D eigenvalue weighted by molar-refractivity contribution is 5.81. The van der Waals surface area contributed by atoms with Crippen molar-refractivity contribution in [3.63, 3.8) is 0 Å². The molecule has 1 aromatic carbocycles. The standard InChI is InChI=1S/C24H33N5O/c1-3-28(20-9-4-8-19(2)16-20)15-7-14-25-22(30)21-17-29(18-24(21)10-5-11-24)23-26-12-6-13-27-23/h4,6,8-9,12-13,16,21H,3,5,7,10-11,14-15,17-18H2,1-2H3,(H,25,30). The van der Waals surface area contributed by atoms with Gasteiger partial charge in [0.1, 0.15) is 0 Å². The highest BCUT2D eigenvalue weighted by Crippen LogP contribution is 2.52. The van der Waals surface area contributed by atoms with Crippen molar-refractivity contribution >= 4 is 17.5 Å². The average Bonchev–Trinajstić information content (AvgIpc) is 3.16. The summed E-state index contributed by atoms with van der Waals surface area (Å²) in [4.78, 5) is 26.4. The van der Waals surface area contributed by atoms with Gasteiger partial charge in [-0.05, 0) is 56.9 Å². The number of anilines is 2. The fraction of sp³-hybridized carbons (Fsp3) is 0.542. The van der Waals surface area contributed by atoms with Crippen LogP contribution in [-0.4, -0.2) is 48.6 Å². The number of hydrogen-bond donors (Lipinski definition) is 1. The Morgan fingerprint density at radius 3 is 2.73 bits per heavy atom. The van der Waals surface area contributed by atoms with Gasteiger partial charge >= 0.3 is 0 Å². The molecule has 160 valence electrons. The smallest absolute Gasteiger partial charge is 0.225 e. The first-order valence-corrected chi connectivity index (χ1v) is 11.2. The molecule has 1 atom stereocenters. The predicted octanol–water partition coefficient (Wildman–Crippen LogP) is 3.42. The van der Waals surface area contributed by atoms with Crippen LogP contribution in [0.25, 0.3) is 0 Å². The van der Waals surface area contributed by atoms with E-state index in [0.29, 0.717) is 0 Å². The van der Waals surface area contributed by atoms with E-state index < -0.39 is 0 Å². The summed E-state index contributed by atoms with van der Waals surface area (Å²) < 4.78 is 0. The van der Waals surface area contributed by atoms with E-state index in [4.69, 9.17) is 0 Å². The van der Waals surface area contributed by atoms with Crippen LogP contribution in [0.15, 0.2) is 42.7 Å². The molecule has 6 heteroatoms. The first-order chi connectivity index (χ1) is 14.6. The molecular formula is C24H33N5O. The number of hydrogen-bond acceptors (Lipinski definition) is 5. The van der Waals surface area contributed by atoms with Crippen LogP contribution < -0.4 is 15.1 Å². The quantitative estimate of drug-likeness (QED) is 0.680. The fourth-order valence-corrected chi connectivity index (χ4v) is 4.97. The van der Waals surface area contributed by atoms with E-state index in [0.717, 1.165) is 57.9 Å². The van der Waals surface area contributed by atoms with Crippen molar-refractivity contribution in [1.29, 1.82) is 0 Å². The number of aryl methyl sites for hydroxylation is 1. The zero-order valence-corrected chi connectivity index (χ0v) is 18.2. The minimum Gasteiger partial charge on any atom is -0.372 e. The van der Waals surface area contributed by atoms with Gasteiger partial charge in [-0.3, -0.25) is 4.79 Å². The highest BCUT2D eigenvalue weighted by atomic mass is 16.2. The molecule has 2 aromatic rings. The Balaban J connectivity index is 1.30. The predicted molar refractivity (Wildman–Crippen MR) is 121 cm³/mol. The van der Waals surface area contributed by atoms with E-state index >= 15 is 0 Å². The largest absolute Gasteiger partial charge is 0.372 e. The van der Waals surface area contributed by atoms with Crippen LogP contribution in [0.1, 0.15) is 38.2 Å². The molecule has 2 fully saturated rings. The molecule has 6 nitrogen and oxygen atoms in total. The van der Waals surface area contributed by atoms with Crippen LogP contribution in [0.2, 0.25) is 0 Å². The number of carbonyl (C=O) groups excluding carboxylic acids is 1. The van der Waals surface area contributed by atoms with Crippen molar-refractivity contribution in [2.75, 3.05) is 42.5 Å². The van der Waals surface area contributed by atoms with Crippen LogP contribution in [0.3, 0.4) is 0 Å². The molecule has 1 aliphatic carbocycles. The van der Waals surface area contributed by atoms with Crippen LogP contribution in [0.4, 0.5) is 11.6 Å². The first-order valence-electron chi connectivity index (χ1n) is 11.2. The van der Waals surface area contributed by atoms with E-state index in [2.05, 4.69) is 63.2 Å². The van der Waals surface area contributed by atoms with Crippen molar-refractivity contribution in [1.82, 2.24) is 15.3 Å². The van der Waals surface area contributed by atoms with Crippen LogP contribution in [0.5, 0.6) is 0 Å². The maximum Gasteiger partial charge on any atom is 0.225 e. The lowest BCUT2D eigenvalue weighted by Crippen LogP contribution is -2.45. The molecule has 1 spiro atoms. The maximum absolute atomic E-state index is 13.1. The second-order valence-electron chi connectivity index (χ2n) is 8.76. The van der Waals surface area contributed by atoms with E-state index in [-0.39, 0.29) is 17.2 Å². The van der Waals surface area contributed by atoms with E-state index in [1.165, 1.54) is 17.7 Å². The molecule has 1 saturated carbocycles. The summed E-state index contributed by atoms with van der Waals surface area (Å²) in [6.07, 6.45) is 7.97. The number of aromatic nitrogens is 2. The van der Waals surface area contributed by atoms with Gasteiger partial charge in [0, 0.05) is 56.2 Å². The third-order valence-electron chi connectivity index (χ3n) is 6.80. The third-order valence-corrected chi connectivity index (χ3v) is 6.80. The molecule has 2 aliphatic rings. The number of benzene rings is 1. The molecule has 1 aliphatic heterocycles. The van der Waals surface area contributed by atoms with Gasteiger partial charge in [0.15, 0.2) is 0 Å². The Labute approximate surface area is 179 Å². The van der Waals surface area contributed by atoms with Gasteiger partial charge in [-0.25, -0.2) is 9.97 Å². The number of amides is 1. The van der Waals surface area contributed by atoms with Gasteiger partial charge in [-0.2, -0.15) is 0 Å². The lowest BCUT2D eigenvalue weighted by Gasteiger charge is -2.41. The van der Waals surface area contributed by atoms with Crippen molar-refractivity contribution in [3.8, 4) is 0 Å². The highest BCUT2D eigenvalue weighted by Gasteiger charge is 2.53. The third kappa shape index (κ3) is 4.27. The zero-order valence-electron chi connectivity index (χ0n) is 18.2. The summed E-state index contributed by atoms with van der Waals surface area (Å²) in [5.41, 5.74) is 2.64.